The molecule has 2 saturated heterocycles. The standard InChI is InChI=1S/C17H32N2O4S/c1-3-5-9-18(4-2)13-17(20)19(12-16-7-6-10-23-16)15-8-11-24(21,22)14-15/h15-16H,3-14H2,1-2H3. The Hall–Kier alpha value is -0.660. The minimum atomic E-state index is -3.00. The van der Waals surface area contributed by atoms with Crippen LogP contribution < -0.4 is 0 Å². The highest BCUT2D eigenvalue weighted by Crippen LogP contribution is 2.21. The number of ether oxygens (including phenoxy) is 1. The first-order valence-corrected chi connectivity index (χ1v) is 11.1. The van der Waals surface area contributed by atoms with Crippen molar-refractivity contribution in [3.8, 4) is 0 Å². The first-order valence-electron chi connectivity index (χ1n) is 9.29. The van der Waals surface area contributed by atoms with Gasteiger partial charge in [-0.15, -0.1) is 0 Å². The van der Waals surface area contributed by atoms with Crippen LogP contribution in [0.1, 0.15) is 46.0 Å². The highest BCUT2D eigenvalue weighted by Gasteiger charge is 2.36. The monoisotopic (exact) mass is 360 g/mol. The molecule has 2 aliphatic rings. The van der Waals surface area contributed by atoms with E-state index in [-0.39, 0.29) is 29.6 Å². The fourth-order valence-electron chi connectivity index (χ4n) is 3.50. The van der Waals surface area contributed by atoms with Crippen molar-refractivity contribution in [2.24, 2.45) is 0 Å². The van der Waals surface area contributed by atoms with Crippen LogP contribution in [0, 0.1) is 0 Å². The van der Waals surface area contributed by atoms with Crippen LogP contribution >= 0.6 is 0 Å². The number of carbonyl (C=O) groups excluding carboxylic acids is 1. The van der Waals surface area contributed by atoms with Crippen LogP contribution in [0.5, 0.6) is 0 Å². The summed E-state index contributed by atoms with van der Waals surface area (Å²) in [5.74, 6) is 0.345. The van der Waals surface area contributed by atoms with E-state index in [0.29, 0.717) is 19.5 Å². The summed E-state index contributed by atoms with van der Waals surface area (Å²) in [6.07, 6.45) is 4.77. The highest BCUT2D eigenvalue weighted by atomic mass is 32.2. The lowest BCUT2D eigenvalue weighted by atomic mass is 10.1. The average molecular weight is 361 g/mol. The second-order valence-electron chi connectivity index (χ2n) is 6.96. The molecule has 2 fully saturated rings. The van der Waals surface area contributed by atoms with Crippen LogP contribution in [0.15, 0.2) is 0 Å². The van der Waals surface area contributed by atoms with Crippen LogP contribution in [0.2, 0.25) is 0 Å². The summed E-state index contributed by atoms with van der Waals surface area (Å²) in [5.41, 5.74) is 0. The number of unbranched alkanes of at least 4 members (excludes halogenated alkanes) is 1. The molecular weight excluding hydrogens is 328 g/mol. The summed E-state index contributed by atoms with van der Waals surface area (Å²) in [7, 11) is -3.00. The molecule has 2 rings (SSSR count). The van der Waals surface area contributed by atoms with Gasteiger partial charge in [-0.2, -0.15) is 0 Å². The maximum atomic E-state index is 12.9. The topological polar surface area (TPSA) is 66.9 Å². The summed E-state index contributed by atoms with van der Waals surface area (Å²) in [6.45, 7) is 7.60. The average Bonchev–Trinajstić information content (AvgIpc) is 3.17. The number of likely N-dealkylation sites (N-methyl/N-ethyl adjacent to an activating group) is 1. The molecule has 0 aromatic rings. The van der Waals surface area contributed by atoms with Gasteiger partial charge in [0, 0.05) is 19.2 Å². The van der Waals surface area contributed by atoms with E-state index in [2.05, 4.69) is 18.7 Å². The zero-order chi connectivity index (χ0) is 17.6. The molecule has 7 heteroatoms. The van der Waals surface area contributed by atoms with E-state index in [1.54, 1.807) is 4.90 Å². The van der Waals surface area contributed by atoms with Crippen molar-refractivity contribution < 1.29 is 17.9 Å². The smallest absolute Gasteiger partial charge is 0.237 e. The van der Waals surface area contributed by atoms with Crippen LogP contribution in [0.25, 0.3) is 0 Å². The van der Waals surface area contributed by atoms with E-state index < -0.39 is 9.84 Å². The van der Waals surface area contributed by atoms with Gasteiger partial charge in [0.1, 0.15) is 0 Å². The molecule has 0 aromatic carbocycles. The van der Waals surface area contributed by atoms with Crippen LogP contribution in [-0.4, -0.2) is 80.6 Å². The Morgan fingerprint density at radius 1 is 1.25 bits per heavy atom. The van der Waals surface area contributed by atoms with Crippen molar-refractivity contribution in [1.29, 1.82) is 0 Å². The lowest BCUT2D eigenvalue weighted by Crippen LogP contribution is -2.49. The maximum absolute atomic E-state index is 12.9. The molecule has 0 radical (unpaired) electrons. The van der Waals surface area contributed by atoms with Gasteiger partial charge in [0.2, 0.25) is 5.91 Å². The fraction of sp³-hybridized carbons (Fsp3) is 0.941. The largest absolute Gasteiger partial charge is 0.376 e. The van der Waals surface area contributed by atoms with E-state index in [9.17, 15) is 13.2 Å². The SMILES string of the molecule is CCCCN(CC)CC(=O)N(CC1CCCO1)C1CCS(=O)(=O)C1. The second-order valence-corrected chi connectivity index (χ2v) is 9.19. The third-order valence-corrected chi connectivity index (χ3v) is 6.78. The molecule has 0 saturated carbocycles. The van der Waals surface area contributed by atoms with Gasteiger partial charge in [0.15, 0.2) is 9.84 Å². The van der Waals surface area contributed by atoms with E-state index in [1.165, 1.54) is 0 Å². The van der Waals surface area contributed by atoms with Crippen LogP contribution in [-0.2, 0) is 19.4 Å². The molecule has 2 heterocycles. The Balaban J connectivity index is 2.01. The maximum Gasteiger partial charge on any atom is 0.237 e. The number of hydrogen-bond acceptors (Lipinski definition) is 5. The van der Waals surface area contributed by atoms with E-state index in [4.69, 9.17) is 4.74 Å². The van der Waals surface area contributed by atoms with Crippen molar-refractivity contribution in [2.75, 3.05) is 44.3 Å². The summed E-state index contributed by atoms with van der Waals surface area (Å²) < 4.78 is 29.4. The summed E-state index contributed by atoms with van der Waals surface area (Å²) in [5, 5.41) is 0. The van der Waals surface area contributed by atoms with Crippen molar-refractivity contribution in [2.45, 2.75) is 58.1 Å². The quantitative estimate of drug-likeness (QED) is 0.620. The molecule has 0 aromatic heterocycles. The van der Waals surface area contributed by atoms with Crippen molar-refractivity contribution in [3.63, 3.8) is 0 Å². The lowest BCUT2D eigenvalue weighted by Gasteiger charge is -2.32. The van der Waals surface area contributed by atoms with E-state index >= 15 is 0 Å². The van der Waals surface area contributed by atoms with Gasteiger partial charge in [-0.05, 0) is 38.8 Å². The molecule has 24 heavy (non-hydrogen) atoms. The molecule has 140 valence electrons. The third-order valence-electron chi connectivity index (χ3n) is 5.03. The highest BCUT2D eigenvalue weighted by molar-refractivity contribution is 7.91. The zero-order valence-corrected chi connectivity index (χ0v) is 15.9. The van der Waals surface area contributed by atoms with Crippen molar-refractivity contribution >= 4 is 15.7 Å². The first-order chi connectivity index (χ1) is 11.4. The van der Waals surface area contributed by atoms with Gasteiger partial charge in [0.25, 0.3) is 0 Å². The van der Waals surface area contributed by atoms with Gasteiger partial charge in [-0.1, -0.05) is 20.3 Å². The Morgan fingerprint density at radius 3 is 2.58 bits per heavy atom. The minimum Gasteiger partial charge on any atom is -0.376 e. The molecule has 1 amide bonds. The van der Waals surface area contributed by atoms with Crippen LogP contribution in [0.3, 0.4) is 0 Å². The van der Waals surface area contributed by atoms with Gasteiger partial charge >= 0.3 is 0 Å². The molecule has 2 aliphatic heterocycles. The van der Waals surface area contributed by atoms with Crippen molar-refractivity contribution in [1.82, 2.24) is 9.80 Å². The number of hydrogen-bond donors (Lipinski definition) is 0. The van der Waals surface area contributed by atoms with Crippen molar-refractivity contribution in [3.05, 3.63) is 0 Å². The molecule has 0 aliphatic carbocycles. The predicted molar refractivity (Wildman–Crippen MR) is 94.8 cm³/mol. The lowest BCUT2D eigenvalue weighted by molar-refractivity contribution is -0.136. The molecule has 0 N–H and O–H groups in total. The van der Waals surface area contributed by atoms with Crippen LogP contribution in [0.4, 0.5) is 0 Å². The molecule has 0 bridgehead atoms. The number of carbonyl (C=O) groups is 1. The second kappa shape index (κ2) is 9.15. The van der Waals surface area contributed by atoms with E-state index in [0.717, 1.165) is 45.4 Å². The number of sulfone groups is 1. The summed E-state index contributed by atoms with van der Waals surface area (Å²) in [6, 6.07) is -0.184. The number of nitrogens with zero attached hydrogens (tertiary/aromatic N) is 2. The number of amides is 1. The molecule has 0 spiro atoms. The normalized spacial score (nSPS) is 26.1. The number of rotatable bonds is 9. The van der Waals surface area contributed by atoms with Gasteiger partial charge in [-0.25, -0.2) is 8.42 Å². The van der Waals surface area contributed by atoms with E-state index in [1.807, 2.05) is 0 Å². The molecule has 6 nitrogen and oxygen atoms in total. The third kappa shape index (κ3) is 5.70. The van der Waals surface area contributed by atoms with Gasteiger partial charge in [-0.3, -0.25) is 9.69 Å². The first kappa shape index (κ1) is 19.7. The predicted octanol–water partition coefficient (Wildman–Crippen LogP) is 1.30. The van der Waals surface area contributed by atoms with Gasteiger partial charge < -0.3 is 9.64 Å². The zero-order valence-electron chi connectivity index (χ0n) is 15.1. The Bertz CT molecular complexity index is 503. The minimum absolute atomic E-state index is 0.0468. The molecule has 2 unspecified atom stereocenters. The Kier molecular flexibility index (Phi) is 7.50. The van der Waals surface area contributed by atoms with Gasteiger partial charge in [0.05, 0.1) is 24.2 Å². The summed E-state index contributed by atoms with van der Waals surface area (Å²) >= 11 is 0. The fourth-order valence-corrected chi connectivity index (χ4v) is 5.23. The Morgan fingerprint density at radius 2 is 2.04 bits per heavy atom. The summed E-state index contributed by atoms with van der Waals surface area (Å²) in [4.78, 5) is 16.8. The molecule has 2 atom stereocenters. The Labute approximate surface area is 146 Å². The molecular formula is C17H32N2O4S.